The Hall–Kier alpha value is -3.06. The van der Waals surface area contributed by atoms with Crippen LogP contribution in [0, 0.1) is 5.92 Å². The van der Waals surface area contributed by atoms with Crippen molar-refractivity contribution in [3.8, 4) is 0 Å². The molecule has 0 spiro atoms. The first kappa shape index (κ1) is 21.6. The first-order valence-electron chi connectivity index (χ1n) is 10.5. The number of aliphatic imine (C=N–C) groups is 1. The lowest BCUT2D eigenvalue weighted by Crippen LogP contribution is -2.48. The van der Waals surface area contributed by atoms with E-state index in [4.69, 9.17) is 5.73 Å². The van der Waals surface area contributed by atoms with Crippen molar-refractivity contribution in [1.82, 2.24) is 15.1 Å². The highest BCUT2D eigenvalue weighted by atomic mass is 16.2. The molecule has 0 aliphatic carbocycles. The van der Waals surface area contributed by atoms with E-state index in [-0.39, 0.29) is 5.91 Å². The average molecular weight is 409 g/mol. The first-order chi connectivity index (χ1) is 14.5. The fourth-order valence-corrected chi connectivity index (χ4v) is 3.42. The Bertz CT molecular complexity index is 864. The zero-order valence-electron chi connectivity index (χ0n) is 17.9. The number of anilines is 2. The number of hydrogen-bond donors (Lipinski definition) is 3. The van der Waals surface area contributed by atoms with Crippen molar-refractivity contribution in [3.63, 3.8) is 0 Å². The van der Waals surface area contributed by atoms with Gasteiger partial charge >= 0.3 is 0 Å². The van der Waals surface area contributed by atoms with E-state index < -0.39 is 0 Å². The van der Waals surface area contributed by atoms with Crippen LogP contribution in [0.3, 0.4) is 0 Å². The normalized spacial score (nSPS) is 18.6. The number of allylic oxidation sites excluding steroid dienone is 2. The van der Waals surface area contributed by atoms with Gasteiger partial charge in [0.2, 0.25) is 5.91 Å². The van der Waals surface area contributed by atoms with Gasteiger partial charge in [0.25, 0.3) is 0 Å². The predicted octanol–water partition coefficient (Wildman–Crippen LogP) is 2.78. The maximum atomic E-state index is 12.4. The van der Waals surface area contributed by atoms with E-state index in [1.165, 1.54) is 0 Å². The molecule has 1 unspecified atom stereocenters. The number of nitrogens with zero attached hydrogens (tertiary/aromatic N) is 3. The number of nitrogen functional groups attached to an aromatic ring is 1. The van der Waals surface area contributed by atoms with Crippen LogP contribution in [0.4, 0.5) is 11.4 Å². The van der Waals surface area contributed by atoms with E-state index in [9.17, 15) is 4.79 Å². The second-order valence-corrected chi connectivity index (χ2v) is 7.80. The summed E-state index contributed by atoms with van der Waals surface area (Å²) in [5.74, 6) is 1.42. The van der Waals surface area contributed by atoms with E-state index in [0.29, 0.717) is 18.2 Å². The Morgan fingerprint density at radius 3 is 2.83 bits per heavy atom. The van der Waals surface area contributed by atoms with Crippen LogP contribution in [0.5, 0.6) is 0 Å². The Morgan fingerprint density at radius 2 is 2.13 bits per heavy atom. The number of piperazine rings is 1. The summed E-state index contributed by atoms with van der Waals surface area (Å²) in [7, 11) is 0. The second-order valence-electron chi connectivity index (χ2n) is 7.80. The molecule has 7 heteroatoms. The van der Waals surface area contributed by atoms with Crippen LogP contribution in [0.25, 0.3) is 0 Å². The zero-order chi connectivity index (χ0) is 21.5. The quantitative estimate of drug-likeness (QED) is 0.604. The van der Waals surface area contributed by atoms with Crippen molar-refractivity contribution in [3.05, 3.63) is 60.1 Å². The van der Waals surface area contributed by atoms with Crippen LogP contribution in [-0.4, -0.2) is 54.8 Å². The summed E-state index contributed by atoms with van der Waals surface area (Å²) < 4.78 is 0. The summed E-state index contributed by atoms with van der Waals surface area (Å²) in [5.41, 5.74) is 9.03. The highest BCUT2D eigenvalue weighted by Crippen LogP contribution is 2.23. The third-order valence-electron chi connectivity index (χ3n) is 5.44. The monoisotopic (exact) mass is 408 g/mol. The number of nitrogens with two attached hydrogens (primary N) is 1. The lowest BCUT2D eigenvalue weighted by molar-refractivity contribution is -0.117. The molecule has 1 fully saturated rings. The van der Waals surface area contributed by atoms with Crippen LogP contribution in [0.1, 0.15) is 20.3 Å². The van der Waals surface area contributed by atoms with Gasteiger partial charge in [-0.3, -0.25) is 9.69 Å². The molecule has 2 aliphatic rings. The molecule has 3 rings (SSSR count). The number of nitrogens with one attached hydrogen (secondary N) is 2. The molecule has 160 valence electrons. The van der Waals surface area contributed by atoms with Crippen molar-refractivity contribution in [2.45, 2.75) is 20.3 Å². The molecule has 1 amide bonds. The second kappa shape index (κ2) is 10.1. The Morgan fingerprint density at radius 1 is 1.37 bits per heavy atom. The molecular weight excluding hydrogens is 376 g/mol. The van der Waals surface area contributed by atoms with Gasteiger partial charge in [-0.2, -0.15) is 0 Å². The maximum Gasteiger partial charge on any atom is 0.238 e. The van der Waals surface area contributed by atoms with Gasteiger partial charge in [0, 0.05) is 48.8 Å². The molecule has 30 heavy (non-hydrogen) atoms. The molecule has 1 aromatic carbocycles. The fourth-order valence-electron chi connectivity index (χ4n) is 3.42. The molecule has 0 saturated carbocycles. The molecule has 2 aliphatic heterocycles. The number of rotatable bonds is 7. The minimum atomic E-state index is -0.0290. The molecule has 0 radical (unpaired) electrons. The average Bonchev–Trinajstić information content (AvgIpc) is 2.73. The third kappa shape index (κ3) is 5.73. The van der Waals surface area contributed by atoms with Gasteiger partial charge in [-0.1, -0.05) is 45.1 Å². The molecule has 1 aromatic rings. The maximum absolute atomic E-state index is 12.4. The van der Waals surface area contributed by atoms with Gasteiger partial charge in [0.1, 0.15) is 5.82 Å². The summed E-state index contributed by atoms with van der Waals surface area (Å²) in [6.07, 6.45) is 7.13. The summed E-state index contributed by atoms with van der Waals surface area (Å²) in [6, 6.07) is 7.24. The molecule has 7 nitrogen and oxygen atoms in total. The summed E-state index contributed by atoms with van der Waals surface area (Å²) in [6.45, 7) is 12.1. The standard InChI is InChI=1S/C23H32N6O/c1-4-17(2)8-9-21-18(3)25-16-26-23(21)29-12-10-28(11-13-29)15-22(30)27-20-7-5-6-19(24)14-20/h5-9,14,16-17H,3-4,10-13,15,24H2,1-2H3,(H,25,26)(H,27,30)/b9-8-. The number of amides is 1. The summed E-state index contributed by atoms with van der Waals surface area (Å²) >= 11 is 0. The van der Waals surface area contributed by atoms with Gasteiger partial charge < -0.3 is 21.3 Å². The lowest BCUT2D eigenvalue weighted by Gasteiger charge is -2.37. The van der Waals surface area contributed by atoms with Crippen LogP contribution >= 0.6 is 0 Å². The molecular formula is C23H32N6O. The van der Waals surface area contributed by atoms with Crippen molar-refractivity contribution < 1.29 is 4.79 Å². The predicted molar refractivity (Wildman–Crippen MR) is 124 cm³/mol. The smallest absolute Gasteiger partial charge is 0.238 e. The van der Waals surface area contributed by atoms with Crippen molar-refractivity contribution >= 4 is 23.6 Å². The Labute approximate surface area is 179 Å². The van der Waals surface area contributed by atoms with E-state index in [1.54, 1.807) is 18.5 Å². The largest absolute Gasteiger partial charge is 0.399 e. The highest BCUT2D eigenvalue weighted by Gasteiger charge is 2.23. The minimum Gasteiger partial charge on any atom is -0.399 e. The van der Waals surface area contributed by atoms with Crippen LogP contribution in [0.2, 0.25) is 0 Å². The van der Waals surface area contributed by atoms with Crippen LogP contribution in [-0.2, 0) is 4.79 Å². The van der Waals surface area contributed by atoms with E-state index >= 15 is 0 Å². The molecule has 2 heterocycles. The van der Waals surface area contributed by atoms with Gasteiger partial charge in [0.05, 0.1) is 12.9 Å². The summed E-state index contributed by atoms with van der Waals surface area (Å²) in [5, 5.41) is 6.02. The summed E-state index contributed by atoms with van der Waals surface area (Å²) in [4.78, 5) is 21.4. The number of carbonyl (C=O) groups excluding carboxylic acids is 1. The lowest BCUT2D eigenvalue weighted by atomic mass is 10.0. The SMILES string of the molecule is C=C1NC=NC(N2CCN(CC(=O)Nc3cccc(N)c3)CC2)=C1/C=C\C(C)CC. The van der Waals surface area contributed by atoms with Crippen LogP contribution < -0.4 is 16.4 Å². The fraction of sp³-hybridized carbons (Fsp3) is 0.391. The van der Waals surface area contributed by atoms with E-state index in [2.05, 4.69) is 58.0 Å². The molecule has 1 saturated heterocycles. The first-order valence-corrected chi connectivity index (χ1v) is 10.5. The van der Waals surface area contributed by atoms with Gasteiger partial charge in [-0.05, 0) is 24.1 Å². The number of hydrogen-bond acceptors (Lipinski definition) is 6. The molecule has 4 N–H and O–H groups in total. The highest BCUT2D eigenvalue weighted by molar-refractivity contribution is 5.92. The molecule has 1 atom stereocenters. The third-order valence-corrected chi connectivity index (χ3v) is 5.44. The number of benzene rings is 1. The van der Waals surface area contributed by atoms with Crippen LogP contribution in [0.15, 0.2) is 65.1 Å². The number of carbonyl (C=O) groups is 1. The molecule has 0 bridgehead atoms. The van der Waals surface area contributed by atoms with Gasteiger partial charge in [-0.25, -0.2) is 4.99 Å². The topological polar surface area (TPSA) is 86.0 Å². The van der Waals surface area contributed by atoms with Gasteiger partial charge in [0.15, 0.2) is 0 Å². The van der Waals surface area contributed by atoms with Crippen molar-refractivity contribution in [2.75, 3.05) is 43.8 Å². The van der Waals surface area contributed by atoms with E-state index in [1.807, 2.05) is 12.1 Å². The Kier molecular flexibility index (Phi) is 7.30. The van der Waals surface area contributed by atoms with Gasteiger partial charge in [-0.15, -0.1) is 0 Å². The van der Waals surface area contributed by atoms with Crippen molar-refractivity contribution in [2.24, 2.45) is 10.9 Å². The minimum absolute atomic E-state index is 0.0290. The van der Waals surface area contributed by atoms with Crippen molar-refractivity contribution in [1.29, 1.82) is 0 Å². The zero-order valence-corrected chi connectivity index (χ0v) is 17.9. The Balaban J connectivity index is 1.58. The van der Waals surface area contributed by atoms with E-state index in [0.717, 1.165) is 55.4 Å². The molecule has 0 aromatic heterocycles.